The van der Waals surface area contributed by atoms with Gasteiger partial charge in [-0.3, -0.25) is 0 Å². The van der Waals surface area contributed by atoms with Crippen LogP contribution >= 0.6 is 0 Å². The minimum absolute atomic E-state index is 0.0940. The Morgan fingerprint density at radius 3 is 2.86 bits per heavy atom. The van der Waals surface area contributed by atoms with E-state index in [1.54, 1.807) is 0 Å². The van der Waals surface area contributed by atoms with Crippen molar-refractivity contribution in [2.75, 3.05) is 6.61 Å². The number of benzene rings is 1. The summed E-state index contributed by atoms with van der Waals surface area (Å²) in [4.78, 5) is 4.33. The molecule has 1 aromatic heterocycles. The Morgan fingerprint density at radius 2 is 2.14 bits per heavy atom. The molecule has 112 valence electrons. The fraction of sp³-hybridized carbons (Fsp3) is 0.467. The predicted molar refractivity (Wildman–Crippen MR) is 73.1 cm³/mol. The van der Waals surface area contributed by atoms with E-state index in [0.29, 0.717) is 12.4 Å². The summed E-state index contributed by atoms with van der Waals surface area (Å²) >= 11 is 0. The molecule has 1 aromatic carbocycles. The van der Waals surface area contributed by atoms with Crippen LogP contribution in [0.2, 0.25) is 0 Å². The monoisotopic (exact) mass is 292 g/mol. The number of nitrogens with zero attached hydrogens (tertiary/aromatic N) is 2. The lowest BCUT2D eigenvalue weighted by Gasteiger charge is -2.24. The first-order valence-corrected chi connectivity index (χ1v) is 7.12. The Morgan fingerprint density at radius 1 is 1.38 bits per heavy atom. The van der Waals surface area contributed by atoms with E-state index >= 15 is 0 Å². The third-order valence-electron chi connectivity index (χ3n) is 3.85. The standard InChI is InChI=1S/C15H17FN2O3/c1-2-20-15(7-3-4-8-15)14-17-13(21-18-14)11-9-10(16)5-6-12(11)19/h5-6,9,19H,2-4,7-8H2,1H3. The van der Waals surface area contributed by atoms with Crippen LogP contribution in [0.3, 0.4) is 0 Å². The second-order valence-corrected chi connectivity index (χ2v) is 5.22. The highest BCUT2D eigenvalue weighted by molar-refractivity contribution is 5.61. The smallest absolute Gasteiger partial charge is 0.261 e. The Balaban J connectivity index is 1.97. The number of hydrogen-bond acceptors (Lipinski definition) is 5. The number of aromatic hydroxyl groups is 1. The van der Waals surface area contributed by atoms with Gasteiger partial charge < -0.3 is 14.4 Å². The number of hydrogen-bond donors (Lipinski definition) is 1. The van der Waals surface area contributed by atoms with Gasteiger partial charge in [0.2, 0.25) is 5.82 Å². The number of phenols is 1. The Kier molecular flexibility index (Phi) is 3.63. The molecule has 6 heteroatoms. The number of aromatic nitrogens is 2. The van der Waals surface area contributed by atoms with Crippen molar-refractivity contribution < 1.29 is 18.8 Å². The van der Waals surface area contributed by atoms with E-state index in [9.17, 15) is 9.50 Å². The molecule has 0 aliphatic heterocycles. The summed E-state index contributed by atoms with van der Waals surface area (Å²) in [6.07, 6.45) is 3.79. The molecule has 0 unspecified atom stereocenters. The van der Waals surface area contributed by atoms with Crippen molar-refractivity contribution in [1.82, 2.24) is 10.1 Å². The van der Waals surface area contributed by atoms with Crippen molar-refractivity contribution in [2.24, 2.45) is 0 Å². The second kappa shape index (κ2) is 5.44. The first-order chi connectivity index (χ1) is 10.1. The zero-order valence-electron chi connectivity index (χ0n) is 11.8. The van der Waals surface area contributed by atoms with Gasteiger partial charge in [-0.15, -0.1) is 0 Å². The van der Waals surface area contributed by atoms with E-state index in [1.807, 2.05) is 6.92 Å². The first kappa shape index (κ1) is 14.0. The molecule has 2 aromatic rings. The zero-order chi connectivity index (χ0) is 14.9. The average Bonchev–Trinajstić information content (AvgIpc) is 3.11. The highest BCUT2D eigenvalue weighted by atomic mass is 19.1. The molecule has 1 aliphatic rings. The van der Waals surface area contributed by atoms with Crippen molar-refractivity contribution in [1.29, 1.82) is 0 Å². The molecule has 1 heterocycles. The van der Waals surface area contributed by atoms with Crippen LogP contribution in [-0.2, 0) is 10.3 Å². The molecule has 0 amide bonds. The predicted octanol–water partition coefficient (Wildman–Crippen LogP) is 3.39. The van der Waals surface area contributed by atoms with Crippen molar-refractivity contribution in [3.8, 4) is 17.2 Å². The lowest BCUT2D eigenvalue weighted by atomic mass is 10.0. The van der Waals surface area contributed by atoms with Crippen LogP contribution in [0.25, 0.3) is 11.5 Å². The van der Waals surface area contributed by atoms with Crippen molar-refractivity contribution >= 4 is 0 Å². The molecule has 1 N–H and O–H groups in total. The number of phenolic OH excluding ortho intramolecular Hbond substituents is 1. The summed E-state index contributed by atoms with van der Waals surface area (Å²) < 4.78 is 24.4. The summed E-state index contributed by atoms with van der Waals surface area (Å²) in [5.74, 6) is 0.0138. The lowest BCUT2D eigenvalue weighted by Crippen LogP contribution is -2.27. The van der Waals surface area contributed by atoms with Gasteiger partial charge >= 0.3 is 0 Å². The normalized spacial score (nSPS) is 17.2. The molecule has 0 bridgehead atoms. The molecule has 0 radical (unpaired) electrons. The third kappa shape index (κ3) is 2.51. The van der Waals surface area contributed by atoms with Gasteiger partial charge in [-0.25, -0.2) is 4.39 Å². The minimum atomic E-state index is -0.514. The maximum absolute atomic E-state index is 13.3. The largest absolute Gasteiger partial charge is 0.507 e. The van der Waals surface area contributed by atoms with Gasteiger partial charge in [-0.1, -0.05) is 5.16 Å². The minimum Gasteiger partial charge on any atom is -0.507 e. The van der Waals surface area contributed by atoms with E-state index in [-0.39, 0.29) is 17.2 Å². The summed E-state index contributed by atoms with van der Waals surface area (Å²) in [7, 11) is 0. The second-order valence-electron chi connectivity index (χ2n) is 5.22. The van der Waals surface area contributed by atoms with Crippen LogP contribution in [0.4, 0.5) is 4.39 Å². The van der Waals surface area contributed by atoms with Gasteiger partial charge in [-0.05, 0) is 50.8 Å². The Hall–Kier alpha value is -1.95. The molecular formula is C15H17FN2O3. The number of ether oxygens (including phenoxy) is 1. The molecule has 3 rings (SSSR count). The highest BCUT2D eigenvalue weighted by Crippen LogP contribution is 2.41. The van der Waals surface area contributed by atoms with Crippen LogP contribution in [0.5, 0.6) is 5.75 Å². The van der Waals surface area contributed by atoms with Crippen LogP contribution in [-0.4, -0.2) is 21.9 Å². The van der Waals surface area contributed by atoms with Crippen LogP contribution < -0.4 is 0 Å². The van der Waals surface area contributed by atoms with Gasteiger partial charge in [0.15, 0.2) is 0 Å². The molecule has 0 saturated heterocycles. The van der Waals surface area contributed by atoms with Gasteiger partial charge in [0.1, 0.15) is 17.2 Å². The fourth-order valence-corrected chi connectivity index (χ4v) is 2.85. The SMILES string of the molecule is CCOC1(c2noc(-c3cc(F)ccc3O)n2)CCCC1. The van der Waals surface area contributed by atoms with Crippen LogP contribution in [0, 0.1) is 5.82 Å². The van der Waals surface area contributed by atoms with Gasteiger partial charge in [0.05, 0.1) is 5.56 Å². The average molecular weight is 292 g/mol. The fourth-order valence-electron chi connectivity index (χ4n) is 2.85. The van der Waals surface area contributed by atoms with Gasteiger partial charge in [-0.2, -0.15) is 4.98 Å². The molecule has 1 saturated carbocycles. The summed E-state index contributed by atoms with van der Waals surface area (Å²) in [6, 6.07) is 3.62. The molecule has 5 nitrogen and oxygen atoms in total. The lowest BCUT2D eigenvalue weighted by molar-refractivity contribution is -0.0469. The summed E-state index contributed by atoms with van der Waals surface area (Å²) in [5.41, 5.74) is -0.321. The van der Waals surface area contributed by atoms with Crippen molar-refractivity contribution in [3.63, 3.8) is 0 Å². The van der Waals surface area contributed by atoms with E-state index in [4.69, 9.17) is 9.26 Å². The van der Waals surface area contributed by atoms with E-state index in [2.05, 4.69) is 10.1 Å². The van der Waals surface area contributed by atoms with Gasteiger partial charge in [0, 0.05) is 6.61 Å². The Labute approximate surface area is 121 Å². The molecule has 21 heavy (non-hydrogen) atoms. The molecule has 0 atom stereocenters. The quantitative estimate of drug-likeness (QED) is 0.935. The molecule has 1 aliphatic carbocycles. The molecule has 1 fully saturated rings. The maximum atomic E-state index is 13.3. The molecular weight excluding hydrogens is 275 g/mol. The topological polar surface area (TPSA) is 68.4 Å². The number of halogens is 1. The van der Waals surface area contributed by atoms with Crippen molar-refractivity contribution in [2.45, 2.75) is 38.2 Å². The van der Waals surface area contributed by atoms with Gasteiger partial charge in [0.25, 0.3) is 5.89 Å². The number of rotatable bonds is 4. The van der Waals surface area contributed by atoms with Crippen LogP contribution in [0.15, 0.2) is 22.7 Å². The summed E-state index contributed by atoms with van der Waals surface area (Å²) in [6.45, 7) is 2.49. The Bertz CT molecular complexity index is 636. The molecule has 0 spiro atoms. The van der Waals surface area contributed by atoms with E-state index in [0.717, 1.165) is 25.7 Å². The van der Waals surface area contributed by atoms with E-state index in [1.165, 1.54) is 18.2 Å². The highest BCUT2D eigenvalue weighted by Gasteiger charge is 2.41. The maximum Gasteiger partial charge on any atom is 0.261 e. The summed E-state index contributed by atoms with van der Waals surface area (Å²) in [5, 5.41) is 13.8. The third-order valence-corrected chi connectivity index (χ3v) is 3.85. The zero-order valence-corrected chi connectivity index (χ0v) is 11.8. The first-order valence-electron chi connectivity index (χ1n) is 7.12. The van der Waals surface area contributed by atoms with E-state index < -0.39 is 11.4 Å². The van der Waals surface area contributed by atoms with Crippen molar-refractivity contribution in [3.05, 3.63) is 29.8 Å². The van der Waals surface area contributed by atoms with Crippen LogP contribution in [0.1, 0.15) is 38.4 Å².